The van der Waals surface area contributed by atoms with Crippen molar-refractivity contribution in [2.24, 2.45) is 0 Å². The molecule has 152 valence electrons. The van der Waals surface area contributed by atoms with Crippen LogP contribution in [0.2, 0.25) is 0 Å². The van der Waals surface area contributed by atoms with Gasteiger partial charge in [-0.3, -0.25) is 9.36 Å². The maximum atomic E-state index is 13.0. The summed E-state index contributed by atoms with van der Waals surface area (Å²) in [5.74, 6) is 0.830. The maximum absolute atomic E-state index is 13.0. The van der Waals surface area contributed by atoms with Crippen LogP contribution >= 0.6 is 12.2 Å². The van der Waals surface area contributed by atoms with Crippen molar-refractivity contribution in [2.45, 2.75) is 39.7 Å². The number of hydrogen-bond donors (Lipinski definition) is 2. The topological polar surface area (TPSA) is 65.5 Å². The second kappa shape index (κ2) is 10.1. The van der Waals surface area contributed by atoms with Gasteiger partial charge in [-0.2, -0.15) is 4.68 Å². The highest BCUT2D eigenvalue weighted by molar-refractivity contribution is 7.71. The summed E-state index contributed by atoms with van der Waals surface area (Å²) in [4.78, 5) is 12.9. The number of hydrogen-bond acceptors (Lipinski definition) is 4. The molecule has 1 heterocycles. The molecule has 1 atom stereocenters. The molecule has 0 spiro atoms. The highest BCUT2D eigenvalue weighted by Gasteiger charge is 2.16. The molecule has 0 aliphatic carbocycles. The van der Waals surface area contributed by atoms with Gasteiger partial charge in [-0.1, -0.05) is 6.08 Å². The summed E-state index contributed by atoms with van der Waals surface area (Å²) >= 11 is 5.52. The van der Waals surface area contributed by atoms with Gasteiger partial charge in [0.1, 0.15) is 18.2 Å². The molecule has 1 amide bonds. The largest absolute Gasteiger partial charge is 0.486 e. The quantitative estimate of drug-likeness (QED) is 0.460. The van der Waals surface area contributed by atoms with Crippen molar-refractivity contribution in [3.05, 3.63) is 53.3 Å². The lowest BCUT2D eigenvalue weighted by Gasteiger charge is -2.14. The molecule has 0 saturated heterocycles. The van der Waals surface area contributed by atoms with Gasteiger partial charge in [-0.25, -0.2) is 4.39 Å². The lowest BCUT2D eigenvalue weighted by Crippen LogP contribution is -3.09. The van der Waals surface area contributed by atoms with E-state index in [0.29, 0.717) is 36.1 Å². The predicted octanol–water partition coefficient (Wildman–Crippen LogP) is 1.31. The normalized spacial score (nSPS) is 12.0. The Morgan fingerprint density at radius 2 is 2.11 bits per heavy atom. The second-order valence-corrected chi connectivity index (χ2v) is 7.22. The molecule has 0 bridgehead atoms. The van der Waals surface area contributed by atoms with Crippen molar-refractivity contribution < 1.29 is 18.8 Å². The van der Waals surface area contributed by atoms with Crippen LogP contribution in [-0.2, 0) is 24.6 Å². The van der Waals surface area contributed by atoms with E-state index in [2.05, 4.69) is 17.0 Å². The van der Waals surface area contributed by atoms with Gasteiger partial charge in [0.2, 0.25) is 4.77 Å². The van der Waals surface area contributed by atoms with Crippen LogP contribution in [0.25, 0.3) is 0 Å². The van der Waals surface area contributed by atoms with Crippen LogP contribution < -0.4 is 15.0 Å². The molecule has 0 aliphatic rings. The van der Waals surface area contributed by atoms with E-state index in [1.165, 1.54) is 12.1 Å². The van der Waals surface area contributed by atoms with Gasteiger partial charge < -0.3 is 15.0 Å². The summed E-state index contributed by atoms with van der Waals surface area (Å²) in [6.45, 7) is 9.04. The number of benzene rings is 1. The third kappa shape index (κ3) is 6.28. The lowest BCUT2D eigenvalue weighted by molar-refractivity contribution is -0.895. The van der Waals surface area contributed by atoms with Crippen LogP contribution in [0.3, 0.4) is 0 Å². The molecule has 1 aromatic carbocycles. The molecule has 1 aromatic heterocycles. The van der Waals surface area contributed by atoms with Gasteiger partial charge in [-0.05, 0) is 50.3 Å². The summed E-state index contributed by atoms with van der Waals surface area (Å²) in [5, 5.41) is 7.42. The molecular formula is C19H27FN5O2S+. The smallest absolute Gasteiger partial charge is 0.275 e. The number of allylic oxidation sites excluding steroid dienone is 1. The number of carbonyl (C=O) groups is 1. The average Bonchev–Trinajstić information content (AvgIpc) is 2.89. The zero-order valence-corrected chi connectivity index (χ0v) is 17.3. The van der Waals surface area contributed by atoms with E-state index in [-0.39, 0.29) is 24.4 Å². The van der Waals surface area contributed by atoms with E-state index < -0.39 is 0 Å². The van der Waals surface area contributed by atoms with Gasteiger partial charge >= 0.3 is 0 Å². The molecule has 0 aliphatic heterocycles. The molecule has 0 saturated carbocycles. The van der Waals surface area contributed by atoms with Gasteiger partial charge in [0, 0.05) is 12.6 Å². The Kier molecular flexibility index (Phi) is 7.89. The number of ether oxygens (including phenoxy) is 1. The fourth-order valence-corrected chi connectivity index (χ4v) is 2.93. The number of amides is 1. The summed E-state index contributed by atoms with van der Waals surface area (Å²) in [6, 6.07) is 5.90. The molecule has 28 heavy (non-hydrogen) atoms. The van der Waals surface area contributed by atoms with E-state index in [1.54, 1.807) is 22.9 Å². The number of carbonyl (C=O) groups excluding carboxylic acids is 1. The van der Waals surface area contributed by atoms with Gasteiger partial charge in [0.25, 0.3) is 5.91 Å². The van der Waals surface area contributed by atoms with Crippen molar-refractivity contribution in [1.82, 2.24) is 19.7 Å². The van der Waals surface area contributed by atoms with Gasteiger partial charge in [0.05, 0.1) is 7.05 Å². The Hall–Kier alpha value is -2.52. The summed E-state index contributed by atoms with van der Waals surface area (Å²) in [5.41, 5.74) is 0. The molecule has 2 rings (SSSR count). The Balaban J connectivity index is 2.09. The number of aromatic nitrogens is 3. The summed E-state index contributed by atoms with van der Waals surface area (Å²) in [6.07, 6.45) is 1.73. The van der Waals surface area contributed by atoms with E-state index >= 15 is 0 Å². The SMILES string of the molecule is C=CCn1c(COc2ccc(F)cc2)nn(C[NH+](C)CC(=O)NC(C)C)c1=S. The second-order valence-electron chi connectivity index (χ2n) is 6.85. The molecule has 0 radical (unpaired) electrons. The Morgan fingerprint density at radius 1 is 1.43 bits per heavy atom. The van der Waals surface area contributed by atoms with Gasteiger partial charge in [0.15, 0.2) is 19.0 Å². The minimum Gasteiger partial charge on any atom is -0.486 e. The van der Waals surface area contributed by atoms with E-state index in [4.69, 9.17) is 17.0 Å². The monoisotopic (exact) mass is 408 g/mol. The third-order valence-corrected chi connectivity index (χ3v) is 4.26. The first-order valence-corrected chi connectivity index (χ1v) is 9.47. The Morgan fingerprint density at radius 3 is 2.71 bits per heavy atom. The lowest BCUT2D eigenvalue weighted by atomic mass is 10.3. The minimum atomic E-state index is -0.321. The predicted molar refractivity (Wildman–Crippen MR) is 107 cm³/mol. The van der Waals surface area contributed by atoms with Crippen molar-refractivity contribution in [2.75, 3.05) is 13.6 Å². The standard InChI is InChI=1S/C19H26FN5O2S/c1-5-10-24-17(12-27-16-8-6-15(20)7-9-16)22-25(19(24)28)13-23(4)11-18(26)21-14(2)3/h5-9,14H,1,10-13H2,2-4H3,(H,21,26)/p+1. The van der Waals surface area contributed by atoms with Crippen LogP contribution in [0.1, 0.15) is 19.7 Å². The molecule has 2 N–H and O–H groups in total. The summed E-state index contributed by atoms with van der Waals surface area (Å²) < 4.78 is 22.8. The van der Waals surface area contributed by atoms with Crippen LogP contribution in [0.5, 0.6) is 5.75 Å². The first-order valence-electron chi connectivity index (χ1n) is 9.06. The zero-order valence-electron chi connectivity index (χ0n) is 16.4. The number of nitrogens with one attached hydrogen (secondary N) is 2. The minimum absolute atomic E-state index is 0.0237. The van der Waals surface area contributed by atoms with E-state index in [0.717, 1.165) is 4.90 Å². The van der Waals surface area contributed by atoms with Crippen LogP contribution in [0.15, 0.2) is 36.9 Å². The number of likely N-dealkylation sites (N-methyl/N-ethyl adjacent to an activating group) is 1. The molecule has 9 heteroatoms. The third-order valence-electron chi connectivity index (χ3n) is 3.82. The first-order chi connectivity index (χ1) is 13.3. The van der Waals surface area contributed by atoms with Crippen LogP contribution in [0, 0.1) is 10.6 Å². The Labute approximate surface area is 169 Å². The first kappa shape index (κ1) is 21.8. The van der Waals surface area contributed by atoms with Crippen molar-refractivity contribution in [1.29, 1.82) is 0 Å². The maximum Gasteiger partial charge on any atom is 0.275 e. The average molecular weight is 409 g/mol. The number of quaternary nitrogens is 1. The molecule has 7 nitrogen and oxygen atoms in total. The van der Waals surface area contributed by atoms with Gasteiger partial charge in [-0.15, -0.1) is 11.7 Å². The van der Waals surface area contributed by atoms with Crippen LogP contribution in [0.4, 0.5) is 4.39 Å². The number of rotatable bonds is 10. The summed E-state index contributed by atoms with van der Waals surface area (Å²) in [7, 11) is 1.91. The van der Waals surface area contributed by atoms with E-state index in [1.807, 2.05) is 25.5 Å². The molecule has 2 aromatic rings. The fraction of sp³-hybridized carbons (Fsp3) is 0.421. The van der Waals surface area contributed by atoms with Crippen molar-refractivity contribution in [3.63, 3.8) is 0 Å². The fourth-order valence-electron chi connectivity index (χ4n) is 2.65. The van der Waals surface area contributed by atoms with Crippen molar-refractivity contribution >= 4 is 18.1 Å². The number of nitrogens with zero attached hydrogens (tertiary/aromatic N) is 3. The highest BCUT2D eigenvalue weighted by Crippen LogP contribution is 2.13. The zero-order chi connectivity index (χ0) is 20.7. The molecular weight excluding hydrogens is 381 g/mol. The van der Waals surface area contributed by atoms with Crippen LogP contribution in [-0.4, -0.2) is 39.9 Å². The number of halogens is 1. The molecule has 0 fully saturated rings. The molecule has 1 unspecified atom stereocenters. The highest BCUT2D eigenvalue weighted by atomic mass is 32.1. The van der Waals surface area contributed by atoms with E-state index in [9.17, 15) is 9.18 Å². The Bertz CT molecular complexity index is 860. The van der Waals surface area contributed by atoms with Crippen molar-refractivity contribution in [3.8, 4) is 5.75 Å².